The number of rotatable bonds is 7. The minimum atomic E-state index is -0.0121. The lowest BCUT2D eigenvalue weighted by atomic mass is 10.1. The maximum absolute atomic E-state index is 11.8. The minimum absolute atomic E-state index is 0.0121. The van der Waals surface area contributed by atoms with Crippen LogP contribution in [0.5, 0.6) is 5.75 Å². The Morgan fingerprint density at radius 1 is 0.967 bits per heavy atom. The van der Waals surface area contributed by atoms with Crippen LogP contribution in [0.1, 0.15) is 18.5 Å². The zero-order chi connectivity index (χ0) is 20.9. The number of ether oxygens (including phenoxy) is 1. The molecule has 2 heterocycles. The van der Waals surface area contributed by atoms with Crippen molar-refractivity contribution in [3.8, 4) is 5.75 Å². The fourth-order valence-electron chi connectivity index (χ4n) is 4.17. The molecule has 0 spiro atoms. The van der Waals surface area contributed by atoms with Crippen LogP contribution in [-0.4, -0.2) is 54.5 Å². The van der Waals surface area contributed by atoms with Crippen molar-refractivity contribution < 1.29 is 4.74 Å². The number of anilines is 1. The van der Waals surface area contributed by atoms with Crippen LogP contribution in [0.15, 0.2) is 53.3 Å². The number of hydrogen-bond donors (Lipinski definition) is 0. The molecule has 0 amide bonds. The molecule has 0 aliphatic carbocycles. The molecular formula is C24H30N4O2. The summed E-state index contributed by atoms with van der Waals surface area (Å²) in [5.74, 6) is 0.896. The van der Waals surface area contributed by atoms with E-state index < -0.39 is 0 Å². The van der Waals surface area contributed by atoms with Gasteiger partial charge in [0.15, 0.2) is 0 Å². The second-order valence-electron chi connectivity index (χ2n) is 7.94. The van der Waals surface area contributed by atoms with Crippen LogP contribution in [0.2, 0.25) is 0 Å². The lowest BCUT2D eigenvalue weighted by Crippen LogP contribution is -2.46. The van der Waals surface area contributed by atoms with Crippen LogP contribution in [0.3, 0.4) is 0 Å². The molecule has 30 heavy (non-hydrogen) atoms. The molecule has 1 aliphatic rings. The second kappa shape index (κ2) is 9.30. The Morgan fingerprint density at radius 3 is 2.57 bits per heavy atom. The smallest absolute Gasteiger partial charge is 0.266 e. The Labute approximate surface area is 177 Å². The van der Waals surface area contributed by atoms with E-state index in [2.05, 4.69) is 45.2 Å². The van der Waals surface area contributed by atoms with E-state index in [1.165, 1.54) is 16.5 Å². The fraction of sp³-hybridized carbons (Fsp3) is 0.417. The highest BCUT2D eigenvalue weighted by atomic mass is 16.5. The molecule has 0 N–H and O–H groups in total. The summed E-state index contributed by atoms with van der Waals surface area (Å²) in [5, 5.41) is 6.81. The Bertz CT molecular complexity index is 1050. The number of aryl methyl sites for hydroxylation is 2. The zero-order valence-electron chi connectivity index (χ0n) is 17.9. The van der Waals surface area contributed by atoms with Crippen molar-refractivity contribution in [3.63, 3.8) is 0 Å². The molecule has 0 atom stereocenters. The highest BCUT2D eigenvalue weighted by Crippen LogP contribution is 2.30. The summed E-state index contributed by atoms with van der Waals surface area (Å²) in [4.78, 5) is 16.9. The fourth-order valence-corrected chi connectivity index (χ4v) is 4.17. The number of methoxy groups -OCH3 is 1. The molecule has 1 aliphatic heterocycles. The summed E-state index contributed by atoms with van der Waals surface area (Å²) < 4.78 is 6.95. The Balaban J connectivity index is 1.29. The van der Waals surface area contributed by atoms with Gasteiger partial charge < -0.3 is 9.64 Å². The van der Waals surface area contributed by atoms with Gasteiger partial charge in [-0.3, -0.25) is 9.69 Å². The van der Waals surface area contributed by atoms with Gasteiger partial charge in [-0.15, -0.1) is 0 Å². The number of piperazine rings is 1. The van der Waals surface area contributed by atoms with Crippen LogP contribution in [0, 0.1) is 6.92 Å². The summed E-state index contributed by atoms with van der Waals surface area (Å²) in [5.41, 5.74) is 2.18. The number of aromatic nitrogens is 2. The molecule has 6 heteroatoms. The highest BCUT2D eigenvalue weighted by Gasteiger charge is 2.18. The van der Waals surface area contributed by atoms with Gasteiger partial charge in [0.25, 0.3) is 5.56 Å². The van der Waals surface area contributed by atoms with Crippen molar-refractivity contribution in [2.75, 3.05) is 44.7 Å². The average Bonchev–Trinajstić information content (AvgIpc) is 2.78. The monoisotopic (exact) mass is 406 g/mol. The van der Waals surface area contributed by atoms with Gasteiger partial charge in [0.1, 0.15) is 5.75 Å². The summed E-state index contributed by atoms with van der Waals surface area (Å²) in [6.45, 7) is 7.88. The van der Waals surface area contributed by atoms with Gasteiger partial charge >= 0.3 is 0 Å². The van der Waals surface area contributed by atoms with Crippen LogP contribution in [-0.2, 0) is 6.54 Å². The minimum Gasteiger partial charge on any atom is -0.497 e. The topological polar surface area (TPSA) is 50.6 Å². The van der Waals surface area contributed by atoms with E-state index in [9.17, 15) is 4.79 Å². The third-order valence-corrected chi connectivity index (χ3v) is 5.87. The first-order chi connectivity index (χ1) is 14.6. The van der Waals surface area contributed by atoms with Crippen molar-refractivity contribution >= 4 is 16.5 Å². The van der Waals surface area contributed by atoms with Crippen LogP contribution in [0.25, 0.3) is 10.8 Å². The predicted molar refractivity (Wildman–Crippen MR) is 122 cm³/mol. The molecule has 1 saturated heterocycles. The first-order valence-corrected chi connectivity index (χ1v) is 10.7. The van der Waals surface area contributed by atoms with Gasteiger partial charge in [-0.05, 0) is 62.0 Å². The Kier molecular flexibility index (Phi) is 6.33. The molecule has 4 rings (SSSR count). The molecule has 6 nitrogen and oxygen atoms in total. The molecule has 1 aromatic heterocycles. The first kappa shape index (κ1) is 20.4. The van der Waals surface area contributed by atoms with Crippen molar-refractivity contribution in [1.29, 1.82) is 0 Å². The summed E-state index contributed by atoms with van der Waals surface area (Å²) in [6.07, 6.45) is 2.05. The van der Waals surface area contributed by atoms with Gasteiger partial charge in [-0.1, -0.05) is 12.1 Å². The molecule has 158 valence electrons. The standard InChI is InChI=1S/C24H30N4O2/c1-19-8-11-24(29)28(25-19)13-4-3-12-26-14-16-27(17-15-26)23-7-5-6-20-18-21(30-2)9-10-22(20)23/h5-11,18H,3-4,12-17H2,1-2H3. The third-order valence-electron chi connectivity index (χ3n) is 5.87. The quantitative estimate of drug-likeness (QED) is 0.564. The third kappa shape index (κ3) is 4.65. The maximum Gasteiger partial charge on any atom is 0.266 e. The van der Waals surface area contributed by atoms with Crippen molar-refractivity contribution in [2.45, 2.75) is 26.3 Å². The molecule has 1 fully saturated rings. The molecule has 0 unspecified atom stereocenters. The Morgan fingerprint density at radius 2 is 1.77 bits per heavy atom. The zero-order valence-corrected chi connectivity index (χ0v) is 17.9. The van der Waals surface area contributed by atoms with E-state index in [-0.39, 0.29) is 5.56 Å². The van der Waals surface area contributed by atoms with E-state index >= 15 is 0 Å². The number of hydrogen-bond acceptors (Lipinski definition) is 5. The lowest BCUT2D eigenvalue weighted by molar-refractivity contribution is 0.250. The largest absolute Gasteiger partial charge is 0.497 e. The Hall–Kier alpha value is -2.86. The maximum atomic E-state index is 11.8. The predicted octanol–water partition coefficient (Wildman–Crippen LogP) is 3.32. The molecule has 0 bridgehead atoms. The van der Waals surface area contributed by atoms with E-state index in [4.69, 9.17) is 4.74 Å². The molecule has 2 aromatic carbocycles. The van der Waals surface area contributed by atoms with Gasteiger partial charge in [0.2, 0.25) is 0 Å². The van der Waals surface area contributed by atoms with Gasteiger partial charge in [0, 0.05) is 49.9 Å². The van der Waals surface area contributed by atoms with Gasteiger partial charge in [-0.2, -0.15) is 5.10 Å². The number of nitrogens with zero attached hydrogens (tertiary/aromatic N) is 4. The molecular weight excluding hydrogens is 376 g/mol. The van der Waals surface area contributed by atoms with Gasteiger partial charge in [-0.25, -0.2) is 4.68 Å². The van der Waals surface area contributed by atoms with Crippen molar-refractivity contribution in [3.05, 3.63) is 64.6 Å². The molecule has 3 aromatic rings. The van der Waals surface area contributed by atoms with Crippen molar-refractivity contribution in [2.24, 2.45) is 0 Å². The van der Waals surface area contributed by atoms with Crippen LogP contribution >= 0.6 is 0 Å². The van der Waals surface area contributed by atoms with Crippen molar-refractivity contribution in [1.82, 2.24) is 14.7 Å². The first-order valence-electron chi connectivity index (χ1n) is 10.7. The van der Waals surface area contributed by atoms with E-state index in [0.717, 1.165) is 57.0 Å². The molecule has 0 saturated carbocycles. The average molecular weight is 407 g/mol. The summed E-state index contributed by atoms with van der Waals surface area (Å²) in [7, 11) is 1.71. The second-order valence-corrected chi connectivity index (χ2v) is 7.94. The number of benzene rings is 2. The lowest BCUT2D eigenvalue weighted by Gasteiger charge is -2.36. The SMILES string of the molecule is COc1ccc2c(N3CCN(CCCCn4nc(C)ccc4=O)CC3)cccc2c1. The highest BCUT2D eigenvalue weighted by molar-refractivity contribution is 5.95. The van der Waals surface area contributed by atoms with Crippen LogP contribution in [0.4, 0.5) is 5.69 Å². The van der Waals surface area contributed by atoms with E-state index in [0.29, 0.717) is 6.54 Å². The normalized spacial score (nSPS) is 14.9. The summed E-state index contributed by atoms with van der Waals surface area (Å²) in [6, 6.07) is 16.2. The number of unbranched alkanes of at least 4 members (excludes halogenated alkanes) is 1. The van der Waals surface area contributed by atoms with Crippen LogP contribution < -0.4 is 15.2 Å². The van der Waals surface area contributed by atoms with Gasteiger partial charge in [0.05, 0.1) is 12.8 Å². The number of fused-ring (bicyclic) bond motifs is 1. The van der Waals surface area contributed by atoms with E-state index in [1.54, 1.807) is 23.9 Å². The summed E-state index contributed by atoms with van der Waals surface area (Å²) >= 11 is 0. The molecule has 0 radical (unpaired) electrons. The van der Waals surface area contributed by atoms with E-state index in [1.807, 2.05) is 13.0 Å².